The van der Waals surface area contributed by atoms with Crippen LogP contribution in [0.5, 0.6) is 0 Å². The van der Waals surface area contributed by atoms with E-state index in [1.807, 2.05) is 6.07 Å². The molecule has 8 heteroatoms. The SMILES string of the molecule is COC(=O)c1ccc(-c2onc(C)c2NC(=O)O[C@H](C)c2ccccc2Cl)cc1. The first-order chi connectivity index (χ1) is 13.9. The highest BCUT2D eigenvalue weighted by Crippen LogP contribution is 2.32. The number of nitrogens with one attached hydrogen (secondary N) is 1. The second kappa shape index (κ2) is 8.79. The molecular weight excluding hydrogens is 396 g/mol. The molecule has 1 aromatic heterocycles. The van der Waals surface area contributed by atoms with Crippen molar-refractivity contribution in [2.24, 2.45) is 0 Å². The second-order valence-corrected chi connectivity index (χ2v) is 6.64. The van der Waals surface area contributed by atoms with Crippen LogP contribution in [0.1, 0.15) is 34.6 Å². The molecule has 0 fully saturated rings. The van der Waals surface area contributed by atoms with E-state index in [-0.39, 0.29) is 0 Å². The van der Waals surface area contributed by atoms with Crippen LogP contribution in [-0.4, -0.2) is 24.3 Å². The quantitative estimate of drug-likeness (QED) is 0.562. The predicted octanol–water partition coefficient (Wildman–Crippen LogP) is 5.40. The van der Waals surface area contributed by atoms with Crippen molar-refractivity contribution in [3.05, 3.63) is 70.4 Å². The summed E-state index contributed by atoms with van der Waals surface area (Å²) in [7, 11) is 1.31. The van der Waals surface area contributed by atoms with Gasteiger partial charge >= 0.3 is 12.1 Å². The molecule has 3 aromatic rings. The Morgan fingerprint density at radius 1 is 1.14 bits per heavy atom. The van der Waals surface area contributed by atoms with E-state index in [1.54, 1.807) is 56.3 Å². The number of hydrogen-bond acceptors (Lipinski definition) is 6. The Labute approximate surface area is 172 Å². The summed E-state index contributed by atoms with van der Waals surface area (Å²) in [6.07, 6.45) is -1.22. The van der Waals surface area contributed by atoms with Gasteiger partial charge in [-0.1, -0.05) is 47.1 Å². The monoisotopic (exact) mass is 414 g/mol. The van der Waals surface area contributed by atoms with Crippen molar-refractivity contribution in [2.75, 3.05) is 12.4 Å². The Hall–Kier alpha value is -3.32. The van der Waals surface area contributed by atoms with E-state index in [1.165, 1.54) is 7.11 Å². The standard InChI is InChI=1S/C21H19ClN2O5/c1-12-18(23-21(26)28-13(2)16-6-4-5-7-17(16)22)19(29-24-12)14-8-10-15(11-9-14)20(25)27-3/h4-11,13H,1-3H3,(H,23,26)/t13-/m1/s1. The van der Waals surface area contributed by atoms with E-state index < -0.39 is 18.2 Å². The van der Waals surface area contributed by atoms with Crippen molar-refractivity contribution < 1.29 is 23.6 Å². The smallest absolute Gasteiger partial charge is 0.412 e. The number of hydrogen-bond donors (Lipinski definition) is 1. The van der Waals surface area contributed by atoms with Gasteiger partial charge in [0.1, 0.15) is 17.5 Å². The summed E-state index contributed by atoms with van der Waals surface area (Å²) in [5.74, 6) is -0.0953. The van der Waals surface area contributed by atoms with Gasteiger partial charge < -0.3 is 14.0 Å². The van der Waals surface area contributed by atoms with Gasteiger partial charge in [0.25, 0.3) is 0 Å². The fraction of sp³-hybridized carbons (Fsp3) is 0.190. The van der Waals surface area contributed by atoms with Crippen LogP contribution in [0.25, 0.3) is 11.3 Å². The average molecular weight is 415 g/mol. The highest BCUT2D eigenvalue weighted by Gasteiger charge is 2.21. The first-order valence-electron chi connectivity index (χ1n) is 8.77. The van der Waals surface area contributed by atoms with Crippen molar-refractivity contribution in [1.82, 2.24) is 5.16 Å². The molecule has 0 aliphatic rings. The molecule has 150 valence electrons. The van der Waals surface area contributed by atoms with Gasteiger partial charge in [-0.25, -0.2) is 9.59 Å². The number of aryl methyl sites for hydroxylation is 1. The van der Waals surface area contributed by atoms with E-state index in [4.69, 9.17) is 20.9 Å². The summed E-state index contributed by atoms with van der Waals surface area (Å²) < 4.78 is 15.5. The van der Waals surface area contributed by atoms with Crippen molar-refractivity contribution in [3.8, 4) is 11.3 Å². The number of esters is 1. The zero-order valence-corrected chi connectivity index (χ0v) is 16.8. The minimum Gasteiger partial charge on any atom is -0.465 e. The third-order valence-corrected chi connectivity index (χ3v) is 4.63. The molecule has 0 aliphatic carbocycles. The van der Waals surface area contributed by atoms with E-state index in [2.05, 4.69) is 15.2 Å². The molecule has 1 N–H and O–H groups in total. The number of aromatic nitrogens is 1. The van der Waals surface area contributed by atoms with Crippen molar-refractivity contribution >= 4 is 29.4 Å². The first-order valence-corrected chi connectivity index (χ1v) is 9.15. The Morgan fingerprint density at radius 3 is 2.48 bits per heavy atom. The minimum atomic E-state index is -0.670. The molecule has 0 radical (unpaired) electrons. The molecule has 0 unspecified atom stereocenters. The zero-order valence-electron chi connectivity index (χ0n) is 16.1. The maximum absolute atomic E-state index is 12.4. The lowest BCUT2D eigenvalue weighted by molar-refractivity contribution is 0.0600. The van der Waals surface area contributed by atoms with Crippen LogP contribution >= 0.6 is 11.6 Å². The van der Waals surface area contributed by atoms with Gasteiger partial charge in [-0.05, 0) is 32.0 Å². The van der Waals surface area contributed by atoms with Crippen molar-refractivity contribution in [2.45, 2.75) is 20.0 Å². The molecule has 0 aliphatic heterocycles. The van der Waals surface area contributed by atoms with Gasteiger partial charge in [-0.15, -0.1) is 0 Å². The number of nitrogens with zero attached hydrogens (tertiary/aromatic N) is 1. The summed E-state index contributed by atoms with van der Waals surface area (Å²) >= 11 is 6.15. The topological polar surface area (TPSA) is 90.7 Å². The van der Waals surface area contributed by atoms with E-state index in [0.29, 0.717) is 38.9 Å². The lowest BCUT2D eigenvalue weighted by atomic mass is 10.1. The fourth-order valence-electron chi connectivity index (χ4n) is 2.75. The number of amides is 1. The largest absolute Gasteiger partial charge is 0.465 e. The number of halogens is 1. The van der Waals surface area contributed by atoms with Gasteiger partial charge in [0, 0.05) is 16.1 Å². The average Bonchev–Trinajstić information content (AvgIpc) is 3.07. The predicted molar refractivity (Wildman–Crippen MR) is 108 cm³/mol. The molecule has 1 amide bonds. The molecular formula is C21H19ClN2O5. The summed E-state index contributed by atoms with van der Waals surface area (Å²) in [4.78, 5) is 24.0. The number of methoxy groups -OCH3 is 1. The molecule has 0 saturated heterocycles. The highest BCUT2D eigenvalue weighted by molar-refractivity contribution is 6.31. The molecule has 1 heterocycles. The molecule has 0 bridgehead atoms. The van der Waals surface area contributed by atoms with Gasteiger partial charge in [0.05, 0.1) is 12.7 Å². The fourth-order valence-corrected chi connectivity index (χ4v) is 3.04. The molecule has 7 nitrogen and oxygen atoms in total. The third-order valence-electron chi connectivity index (χ3n) is 4.28. The molecule has 0 spiro atoms. The van der Waals surface area contributed by atoms with Gasteiger partial charge in [0.15, 0.2) is 5.76 Å². The third kappa shape index (κ3) is 4.57. The Bertz CT molecular complexity index is 1030. The zero-order chi connectivity index (χ0) is 21.0. The molecule has 0 saturated carbocycles. The highest BCUT2D eigenvalue weighted by atomic mass is 35.5. The number of anilines is 1. The maximum atomic E-state index is 12.4. The number of benzene rings is 2. The number of ether oxygens (including phenoxy) is 2. The molecule has 3 rings (SSSR count). The van der Waals surface area contributed by atoms with E-state index >= 15 is 0 Å². The van der Waals surface area contributed by atoms with Gasteiger partial charge in [0.2, 0.25) is 0 Å². The lowest BCUT2D eigenvalue weighted by Gasteiger charge is -2.15. The Balaban J connectivity index is 1.77. The van der Waals surface area contributed by atoms with E-state index in [0.717, 1.165) is 0 Å². The van der Waals surface area contributed by atoms with Crippen LogP contribution in [0.4, 0.5) is 10.5 Å². The minimum absolute atomic E-state index is 0.348. The van der Waals surface area contributed by atoms with Crippen LogP contribution in [0.15, 0.2) is 53.1 Å². The maximum Gasteiger partial charge on any atom is 0.412 e. The second-order valence-electron chi connectivity index (χ2n) is 6.24. The molecule has 2 aromatic carbocycles. The number of rotatable bonds is 5. The first kappa shape index (κ1) is 20.4. The summed E-state index contributed by atoms with van der Waals surface area (Å²) in [6.45, 7) is 3.43. The molecule has 29 heavy (non-hydrogen) atoms. The van der Waals surface area contributed by atoms with Crippen LogP contribution in [0.2, 0.25) is 5.02 Å². The summed E-state index contributed by atoms with van der Waals surface area (Å²) in [5.41, 5.74) is 2.60. The van der Waals surface area contributed by atoms with Gasteiger partial charge in [-0.2, -0.15) is 0 Å². The van der Waals surface area contributed by atoms with Crippen LogP contribution < -0.4 is 5.32 Å². The van der Waals surface area contributed by atoms with E-state index in [9.17, 15) is 9.59 Å². The molecule has 1 atom stereocenters. The number of carbonyl (C=O) groups excluding carboxylic acids is 2. The van der Waals surface area contributed by atoms with Crippen LogP contribution in [0.3, 0.4) is 0 Å². The Morgan fingerprint density at radius 2 is 1.83 bits per heavy atom. The number of carbonyl (C=O) groups is 2. The van der Waals surface area contributed by atoms with Crippen molar-refractivity contribution in [1.29, 1.82) is 0 Å². The van der Waals surface area contributed by atoms with Crippen molar-refractivity contribution in [3.63, 3.8) is 0 Å². The normalized spacial score (nSPS) is 11.6. The van der Waals surface area contributed by atoms with Gasteiger partial charge in [-0.3, -0.25) is 5.32 Å². The lowest BCUT2D eigenvalue weighted by Crippen LogP contribution is -2.17. The summed E-state index contributed by atoms with van der Waals surface area (Å²) in [5, 5.41) is 7.10. The summed E-state index contributed by atoms with van der Waals surface area (Å²) in [6, 6.07) is 13.7. The van der Waals surface area contributed by atoms with Crippen LogP contribution in [-0.2, 0) is 9.47 Å². The van der Waals surface area contributed by atoms with Crippen LogP contribution in [0, 0.1) is 6.92 Å². The Kier molecular flexibility index (Phi) is 6.19.